The number of aryl methyl sites for hydroxylation is 1. The predicted octanol–water partition coefficient (Wildman–Crippen LogP) is 3.59. The van der Waals surface area contributed by atoms with Crippen molar-refractivity contribution in [3.8, 4) is 0 Å². The van der Waals surface area contributed by atoms with Crippen LogP contribution in [-0.4, -0.2) is 22.9 Å². The van der Waals surface area contributed by atoms with Crippen molar-refractivity contribution in [2.75, 3.05) is 7.11 Å². The van der Waals surface area contributed by atoms with Gasteiger partial charge in [0, 0.05) is 29.1 Å². The van der Waals surface area contributed by atoms with Gasteiger partial charge in [0.25, 0.3) is 5.56 Å². The zero-order valence-corrected chi connectivity index (χ0v) is 15.4. The third-order valence-electron chi connectivity index (χ3n) is 3.68. The number of esters is 1. The second-order valence-corrected chi connectivity index (χ2v) is 6.58. The number of hydrogen-bond acceptors (Lipinski definition) is 4. The first-order valence-electron chi connectivity index (χ1n) is 7.38. The van der Waals surface area contributed by atoms with E-state index in [1.165, 1.54) is 23.9 Å². The van der Waals surface area contributed by atoms with E-state index in [1.807, 2.05) is 13.8 Å². The molecule has 0 aliphatic carbocycles. The maximum absolute atomic E-state index is 12.1. The fourth-order valence-electron chi connectivity index (χ4n) is 2.38. The maximum atomic E-state index is 12.1. The summed E-state index contributed by atoms with van der Waals surface area (Å²) >= 11 is 12.5. The van der Waals surface area contributed by atoms with Gasteiger partial charge in [0.15, 0.2) is 0 Å². The summed E-state index contributed by atoms with van der Waals surface area (Å²) in [5, 5.41) is 4.97. The molecule has 1 aromatic heterocycles. The number of hydrogen-bond donors (Lipinski definition) is 0. The van der Waals surface area contributed by atoms with E-state index in [2.05, 4.69) is 9.84 Å². The lowest BCUT2D eigenvalue weighted by atomic mass is 10.0. The van der Waals surface area contributed by atoms with Crippen molar-refractivity contribution >= 4 is 29.2 Å². The van der Waals surface area contributed by atoms with E-state index in [0.717, 1.165) is 0 Å². The molecule has 2 rings (SSSR count). The fourth-order valence-corrected chi connectivity index (χ4v) is 3.00. The van der Waals surface area contributed by atoms with Gasteiger partial charge in [-0.3, -0.25) is 4.79 Å². The van der Waals surface area contributed by atoms with Crippen LogP contribution in [0.25, 0.3) is 0 Å². The molecule has 0 N–H and O–H groups in total. The number of halogens is 2. The number of aromatic nitrogens is 2. The molecule has 1 aromatic carbocycles. The van der Waals surface area contributed by atoms with E-state index >= 15 is 0 Å². The van der Waals surface area contributed by atoms with Crippen LogP contribution in [0, 0.1) is 0 Å². The predicted molar refractivity (Wildman–Crippen MR) is 94.2 cm³/mol. The van der Waals surface area contributed by atoms with Crippen molar-refractivity contribution < 1.29 is 9.53 Å². The number of ether oxygens (including phenoxy) is 1. The van der Waals surface area contributed by atoms with Crippen LogP contribution in [0.2, 0.25) is 10.0 Å². The first-order valence-corrected chi connectivity index (χ1v) is 8.13. The molecule has 0 amide bonds. The van der Waals surface area contributed by atoms with Crippen LogP contribution in [0.5, 0.6) is 0 Å². The molecular weight excluding hydrogens is 351 g/mol. The normalized spacial score (nSPS) is 11.0. The highest BCUT2D eigenvalue weighted by molar-refractivity contribution is 6.36. The summed E-state index contributed by atoms with van der Waals surface area (Å²) in [5.74, 6) is -0.425. The largest absolute Gasteiger partial charge is 0.465 e. The van der Waals surface area contributed by atoms with E-state index < -0.39 is 5.97 Å². The minimum atomic E-state index is -0.507. The Labute approximate surface area is 150 Å². The second-order valence-electron chi connectivity index (χ2n) is 5.76. The van der Waals surface area contributed by atoms with Crippen LogP contribution >= 0.6 is 23.2 Å². The van der Waals surface area contributed by atoms with Gasteiger partial charge in [-0.1, -0.05) is 37.0 Å². The van der Waals surface area contributed by atoms with Gasteiger partial charge in [-0.15, -0.1) is 0 Å². The van der Waals surface area contributed by atoms with Gasteiger partial charge in [-0.05, 0) is 29.7 Å². The van der Waals surface area contributed by atoms with Gasteiger partial charge in [0.1, 0.15) is 0 Å². The zero-order valence-electron chi connectivity index (χ0n) is 13.9. The van der Waals surface area contributed by atoms with E-state index in [1.54, 1.807) is 13.1 Å². The molecule has 0 aliphatic heterocycles. The summed E-state index contributed by atoms with van der Waals surface area (Å²) in [4.78, 5) is 23.7. The van der Waals surface area contributed by atoms with Crippen LogP contribution in [0.15, 0.2) is 23.0 Å². The van der Waals surface area contributed by atoms with Crippen molar-refractivity contribution in [2.24, 2.45) is 7.05 Å². The van der Waals surface area contributed by atoms with Gasteiger partial charge in [0.2, 0.25) is 0 Å². The van der Waals surface area contributed by atoms with Gasteiger partial charge in [-0.2, -0.15) is 5.10 Å². The quantitative estimate of drug-likeness (QED) is 0.773. The van der Waals surface area contributed by atoms with Gasteiger partial charge in [-0.25, -0.2) is 9.48 Å². The number of rotatable bonds is 4. The molecule has 0 saturated heterocycles. The third kappa shape index (κ3) is 3.79. The number of methoxy groups -OCH3 is 1. The molecule has 128 valence electrons. The first kappa shape index (κ1) is 18.5. The molecular formula is C17H18Cl2N2O3. The Bertz CT molecular complexity index is 821. The molecule has 24 heavy (non-hydrogen) atoms. The molecule has 0 unspecified atom stereocenters. The van der Waals surface area contributed by atoms with Gasteiger partial charge in [0.05, 0.1) is 18.4 Å². The minimum absolute atomic E-state index is 0.0816. The average molecular weight is 369 g/mol. The Balaban J connectivity index is 2.45. The lowest BCUT2D eigenvalue weighted by molar-refractivity contribution is 0.0600. The van der Waals surface area contributed by atoms with Crippen molar-refractivity contribution in [1.29, 1.82) is 0 Å². The van der Waals surface area contributed by atoms with Crippen LogP contribution in [-0.2, 0) is 18.2 Å². The van der Waals surface area contributed by atoms with Crippen molar-refractivity contribution in [2.45, 2.75) is 26.2 Å². The molecule has 0 aliphatic rings. The van der Waals surface area contributed by atoms with E-state index in [9.17, 15) is 9.59 Å². The van der Waals surface area contributed by atoms with Gasteiger partial charge < -0.3 is 4.74 Å². The summed E-state index contributed by atoms with van der Waals surface area (Å²) in [5.41, 5.74) is 2.17. The van der Waals surface area contributed by atoms with Gasteiger partial charge >= 0.3 is 5.97 Å². The average Bonchev–Trinajstić information content (AvgIpc) is 2.52. The first-order chi connectivity index (χ1) is 11.2. The number of carbonyl (C=O) groups is 1. The van der Waals surface area contributed by atoms with Crippen molar-refractivity contribution in [3.63, 3.8) is 0 Å². The summed E-state index contributed by atoms with van der Waals surface area (Å²) in [6.45, 7) is 3.90. The SMILES string of the molecule is COC(=O)c1cc(Cl)c(Cc2cc(C(C)C)c(=O)n(C)n2)c(Cl)c1. The lowest BCUT2D eigenvalue weighted by Gasteiger charge is -2.12. The number of benzene rings is 1. The third-order valence-corrected chi connectivity index (χ3v) is 4.36. The molecule has 0 saturated carbocycles. The van der Waals surface area contributed by atoms with Crippen LogP contribution in [0.3, 0.4) is 0 Å². The van der Waals surface area contributed by atoms with E-state index in [0.29, 0.717) is 33.3 Å². The molecule has 7 heteroatoms. The van der Waals surface area contributed by atoms with Crippen molar-refractivity contribution in [1.82, 2.24) is 9.78 Å². The van der Waals surface area contributed by atoms with E-state index in [-0.39, 0.29) is 17.0 Å². The molecule has 0 radical (unpaired) electrons. The highest BCUT2D eigenvalue weighted by Gasteiger charge is 2.16. The lowest BCUT2D eigenvalue weighted by Crippen LogP contribution is -2.25. The number of carbonyl (C=O) groups excluding carboxylic acids is 1. The Kier molecular flexibility index (Phi) is 5.67. The smallest absolute Gasteiger partial charge is 0.337 e. The summed E-state index contributed by atoms with van der Waals surface area (Å²) in [6, 6.07) is 4.80. The summed E-state index contributed by atoms with van der Waals surface area (Å²) in [7, 11) is 2.90. The fraction of sp³-hybridized carbons (Fsp3) is 0.353. The van der Waals surface area contributed by atoms with E-state index in [4.69, 9.17) is 23.2 Å². The van der Waals surface area contributed by atoms with Crippen LogP contribution in [0.1, 0.15) is 46.9 Å². The molecule has 1 heterocycles. The molecule has 0 bridgehead atoms. The summed E-state index contributed by atoms with van der Waals surface area (Å²) in [6.07, 6.45) is 0.354. The number of nitrogens with zero attached hydrogens (tertiary/aromatic N) is 2. The minimum Gasteiger partial charge on any atom is -0.465 e. The highest BCUT2D eigenvalue weighted by atomic mass is 35.5. The molecule has 5 nitrogen and oxygen atoms in total. The second kappa shape index (κ2) is 7.36. The molecule has 0 spiro atoms. The zero-order chi connectivity index (χ0) is 18.0. The summed E-state index contributed by atoms with van der Waals surface area (Å²) < 4.78 is 5.98. The Hall–Kier alpha value is -1.85. The highest BCUT2D eigenvalue weighted by Crippen LogP contribution is 2.29. The molecule has 2 aromatic rings. The Morgan fingerprint density at radius 1 is 1.25 bits per heavy atom. The Morgan fingerprint density at radius 3 is 2.33 bits per heavy atom. The Morgan fingerprint density at radius 2 is 1.83 bits per heavy atom. The van der Waals surface area contributed by atoms with Crippen LogP contribution in [0.4, 0.5) is 0 Å². The molecule has 0 atom stereocenters. The molecule has 0 fully saturated rings. The van der Waals surface area contributed by atoms with Crippen molar-refractivity contribution in [3.05, 3.63) is 61.0 Å². The maximum Gasteiger partial charge on any atom is 0.337 e. The standard InChI is InChI=1S/C17H18Cl2N2O3/c1-9(2)12-7-11(20-21(3)16(12)22)8-13-14(18)5-10(6-15(13)19)17(23)24-4/h5-7,9H,8H2,1-4H3. The topological polar surface area (TPSA) is 61.2 Å². The monoisotopic (exact) mass is 368 g/mol. The van der Waals surface area contributed by atoms with Crippen LogP contribution < -0.4 is 5.56 Å².